The van der Waals surface area contributed by atoms with E-state index in [2.05, 4.69) is 33.2 Å². The average Bonchev–Trinajstić information content (AvgIpc) is 2.65. The Balaban J connectivity index is 1.65. The van der Waals surface area contributed by atoms with Crippen LogP contribution in [0.25, 0.3) is 0 Å². The lowest BCUT2D eigenvalue weighted by Gasteiger charge is -2.16. The van der Waals surface area contributed by atoms with Crippen LogP contribution >= 0.6 is 0 Å². The Morgan fingerprint density at radius 3 is 2.14 bits per heavy atom. The number of aryl methyl sites for hydroxylation is 4. The van der Waals surface area contributed by atoms with Crippen LogP contribution in [0.3, 0.4) is 0 Å². The van der Waals surface area contributed by atoms with E-state index in [0.29, 0.717) is 18.2 Å². The third kappa shape index (κ3) is 5.99. The highest BCUT2D eigenvalue weighted by Crippen LogP contribution is 2.21. The molecule has 0 aliphatic heterocycles. The molecule has 0 spiro atoms. The van der Waals surface area contributed by atoms with Gasteiger partial charge in [-0.2, -0.15) is 0 Å². The molecular formula is C23H30N6. The van der Waals surface area contributed by atoms with Crippen LogP contribution in [0.4, 0.5) is 11.6 Å². The van der Waals surface area contributed by atoms with E-state index in [1.165, 1.54) is 5.56 Å². The van der Waals surface area contributed by atoms with E-state index >= 15 is 0 Å². The first-order chi connectivity index (χ1) is 13.9. The second-order valence-corrected chi connectivity index (χ2v) is 7.74. The van der Waals surface area contributed by atoms with Gasteiger partial charge in [-0.3, -0.25) is 4.98 Å². The number of rotatable bonds is 8. The Morgan fingerprint density at radius 2 is 1.48 bits per heavy atom. The molecule has 3 heterocycles. The van der Waals surface area contributed by atoms with Crippen LogP contribution in [-0.4, -0.2) is 21.5 Å². The predicted octanol–water partition coefficient (Wildman–Crippen LogP) is 3.11. The molecule has 0 bridgehead atoms. The molecule has 3 rings (SSSR count). The monoisotopic (exact) mass is 390 g/mol. The van der Waals surface area contributed by atoms with Crippen LogP contribution in [0.15, 0.2) is 42.7 Å². The van der Waals surface area contributed by atoms with Crippen molar-refractivity contribution in [1.82, 2.24) is 15.0 Å². The lowest BCUT2D eigenvalue weighted by atomic mass is 9.93. The molecule has 6 nitrogen and oxygen atoms in total. The minimum Gasteiger partial charge on any atom is -0.384 e. The lowest BCUT2D eigenvalue weighted by molar-refractivity contribution is 0.676. The maximum Gasteiger partial charge on any atom is 0.123 e. The Morgan fingerprint density at radius 1 is 0.828 bits per heavy atom. The van der Waals surface area contributed by atoms with E-state index in [0.717, 1.165) is 53.8 Å². The standard InChI is InChI=1S/C23H30N6/c1-15-6-20(28-22(25)8-15)5-3-4-17-10-19(14-27-13-17)18(12-24)11-21-7-16(2)9-23(26)29-21/h6-10,13-14,18H,3-5,11-12,24H2,1-2H3,(H2,25,28)(H2,26,29)/t18-/m0/s1. The van der Waals surface area contributed by atoms with Crippen LogP contribution < -0.4 is 17.2 Å². The third-order valence-corrected chi connectivity index (χ3v) is 5.01. The molecule has 3 aromatic rings. The van der Waals surface area contributed by atoms with Gasteiger partial charge in [-0.05, 0) is 92.6 Å². The zero-order chi connectivity index (χ0) is 20.8. The highest BCUT2D eigenvalue weighted by Gasteiger charge is 2.13. The average molecular weight is 391 g/mol. The molecule has 1 atom stereocenters. The van der Waals surface area contributed by atoms with Gasteiger partial charge in [-0.1, -0.05) is 6.07 Å². The predicted molar refractivity (Wildman–Crippen MR) is 119 cm³/mol. The van der Waals surface area contributed by atoms with Crippen molar-refractivity contribution in [2.45, 2.75) is 45.4 Å². The largest absolute Gasteiger partial charge is 0.384 e. The van der Waals surface area contributed by atoms with Gasteiger partial charge in [0.1, 0.15) is 11.6 Å². The van der Waals surface area contributed by atoms with Crippen molar-refractivity contribution in [2.75, 3.05) is 18.0 Å². The van der Waals surface area contributed by atoms with Crippen molar-refractivity contribution >= 4 is 11.6 Å². The van der Waals surface area contributed by atoms with Crippen molar-refractivity contribution in [3.63, 3.8) is 0 Å². The Labute approximate surface area is 172 Å². The quantitative estimate of drug-likeness (QED) is 0.544. The van der Waals surface area contributed by atoms with E-state index in [9.17, 15) is 0 Å². The van der Waals surface area contributed by atoms with Crippen LogP contribution in [0.1, 0.15) is 46.0 Å². The SMILES string of the molecule is Cc1cc(N)nc(CCCc2cncc([C@H](CN)Cc3cc(C)cc(N)n3)c2)c1. The summed E-state index contributed by atoms with van der Waals surface area (Å²) in [5.74, 6) is 1.29. The molecule has 0 saturated heterocycles. The topological polar surface area (TPSA) is 117 Å². The normalized spacial score (nSPS) is 12.1. The highest BCUT2D eigenvalue weighted by molar-refractivity contribution is 5.36. The first kappa shape index (κ1) is 20.7. The van der Waals surface area contributed by atoms with E-state index in [1.54, 1.807) is 0 Å². The highest BCUT2D eigenvalue weighted by atomic mass is 14.8. The zero-order valence-corrected chi connectivity index (χ0v) is 17.2. The number of nitrogens with two attached hydrogens (primary N) is 3. The first-order valence-electron chi connectivity index (χ1n) is 10.0. The number of nitrogens with zero attached hydrogens (tertiary/aromatic N) is 3. The van der Waals surface area contributed by atoms with Crippen LogP contribution in [-0.2, 0) is 19.3 Å². The van der Waals surface area contributed by atoms with Gasteiger partial charge in [0.05, 0.1) is 0 Å². The van der Waals surface area contributed by atoms with Crippen LogP contribution in [0, 0.1) is 13.8 Å². The van der Waals surface area contributed by atoms with E-state index < -0.39 is 0 Å². The van der Waals surface area contributed by atoms with Crippen molar-refractivity contribution in [3.8, 4) is 0 Å². The smallest absolute Gasteiger partial charge is 0.123 e. The maximum absolute atomic E-state index is 6.08. The molecule has 0 fully saturated rings. The van der Waals surface area contributed by atoms with Gasteiger partial charge in [0.2, 0.25) is 0 Å². The van der Waals surface area contributed by atoms with Gasteiger partial charge in [0.15, 0.2) is 0 Å². The summed E-state index contributed by atoms with van der Waals surface area (Å²) >= 11 is 0. The van der Waals surface area contributed by atoms with Crippen molar-refractivity contribution < 1.29 is 0 Å². The van der Waals surface area contributed by atoms with E-state index in [-0.39, 0.29) is 5.92 Å². The van der Waals surface area contributed by atoms with Gasteiger partial charge >= 0.3 is 0 Å². The zero-order valence-electron chi connectivity index (χ0n) is 17.2. The molecule has 0 saturated carbocycles. The molecule has 0 aliphatic carbocycles. The fraction of sp³-hybridized carbons (Fsp3) is 0.348. The molecule has 0 radical (unpaired) electrons. The van der Waals surface area contributed by atoms with Gasteiger partial charge in [-0.25, -0.2) is 9.97 Å². The Kier molecular flexibility index (Phi) is 6.77. The number of anilines is 2. The van der Waals surface area contributed by atoms with Crippen molar-refractivity contribution in [2.24, 2.45) is 5.73 Å². The molecular weight excluding hydrogens is 360 g/mol. The van der Waals surface area contributed by atoms with Crippen molar-refractivity contribution in [3.05, 3.63) is 76.4 Å². The van der Waals surface area contributed by atoms with Gasteiger partial charge in [0.25, 0.3) is 0 Å². The maximum atomic E-state index is 6.08. The number of pyridine rings is 3. The van der Waals surface area contributed by atoms with Gasteiger partial charge < -0.3 is 17.2 Å². The number of aromatic nitrogens is 3. The summed E-state index contributed by atoms with van der Waals surface area (Å²) in [5.41, 5.74) is 24.4. The summed E-state index contributed by atoms with van der Waals surface area (Å²) in [5, 5.41) is 0. The fourth-order valence-electron chi connectivity index (χ4n) is 3.70. The summed E-state index contributed by atoms with van der Waals surface area (Å²) in [6.07, 6.45) is 7.40. The number of nitrogen functional groups attached to an aromatic ring is 2. The second-order valence-electron chi connectivity index (χ2n) is 7.74. The van der Waals surface area contributed by atoms with Crippen LogP contribution in [0.5, 0.6) is 0 Å². The summed E-state index contributed by atoms with van der Waals surface area (Å²) in [6.45, 7) is 4.60. The molecule has 3 aromatic heterocycles. The minimum atomic E-state index is 0.161. The third-order valence-electron chi connectivity index (χ3n) is 5.01. The molecule has 29 heavy (non-hydrogen) atoms. The molecule has 152 valence electrons. The van der Waals surface area contributed by atoms with E-state index in [1.807, 2.05) is 38.4 Å². The summed E-state index contributed by atoms with van der Waals surface area (Å²) in [7, 11) is 0. The summed E-state index contributed by atoms with van der Waals surface area (Å²) in [6, 6.07) is 10.1. The molecule has 0 aromatic carbocycles. The Bertz CT molecular complexity index is 929. The molecule has 0 unspecified atom stereocenters. The first-order valence-corrected chi connectivity index (χ1v) is 10.0. The number of hydrogen-bond donors (Lipinski definition) is 3. The molecule has 6 heteroatoms. The fourth-order valence-corrected chi connectivity index (χ4v) is 3.70. The summed E-state index contributed by atoms with van der Waals surface area (Å²) < 4.78 is 0. The van der Waals surface area contributed by atoms with Crippen molar-refractivity contribution in [1.29, 1.82) is 0 Å². The van der Waals surface area contributed by atoms with Gasteiger partial charge in [-0.15, -0.1) is 0 Å². The number of hydrogen-bond acceptors (Lipinski definition) is 6. The minimum absolute atomic E-state index is 0.161. The van der Waals surface area contributed by atoms with Crippen LogP contribution in [0.2, 0.25) is 0 Å². The summed E-state index contributed by atoms with van der Waals surface area (Å²) in [4.78, 5) is 13.3. The molecule has 6 N–H and O–H groups in total. The molecule has 0 aliphatic rings. The van der Waals surface area contributed by atoms with E-state index in [4.69, 9.17) is 17.2 Å². The Hall–Kier alpha value is -2.99. The lowest BCUT2D eigenvalue weighted by Crippen LogP contribution is -2.16. The van der Waals surface area contributed by atoms with Gasteiger partial charge in [0, 0.05) is 29.7 Å². The molecule has 0 amide bonds. The second kappa shape index (κ2) is 9.47.